The summed E-state index contributed by atoms with van der Waals surface area (Å²) in [5, 5.41) is 3.20. The van der Waals surface area contributed by atoms with E-state index in [2.05, 4.69) is 9.69 Å². The van der Waals surface area contributed by atoms with E-state index in [9.17, 15) is 13.2 Å². The Labute approximate surface area is 127 Å². The van der Waals surface area contributed by atoms with Gasteiger partial charge in [0.15, 0.2) is 15.7 Å². The van der Waals surface area contributed by atoms with Crippen LogP contribution in [-0.4, -0.2) is 62.2 Å². The third-order valence-electron chi connectivity index (χ3n) is 3.09. The van der Waals surface area contributed by atoms with Crippen LogP contribution in [0.2, 0.25) is 0 Å². The molecule has 1 fully saturated rings. The fourth-order valence-corrected chi connectivity index (χ4v) is 4.20. The molecular weight excluding hydrogens is 316 g/mol. The molecule has 118 valence electrons. The van der Waals surface area contributed by atoms with Crippen LogP contribution in [0.25, 0.3) is 0 Å². The Kier molecular flexibility index (Phi) is 4.69. The number of nitrogens with two attached hydrogens (primary N) is 1. The van der Waals surface area contributed by atoms with Gasteiger partial charge < -0.3 is 20.7 Å². The maximum Gasteiger partial charge on any atom is 0.244 e. The second-order valence-corrected chi connectivity index (χ2v) is 7.53. The number of hydrogen-bond donors (Lipinski definition) is 2. The first-order chi connectivity index (χ1) is 9.80. The molecule has 1 unspecified atom stereocenters. The highest BCUT2D eigenvalue weighted by molar-refractivity contribution is 7.91. The van der Waals surface area contributed by atoms with Crippen molar-refractivity contribution in [2.24, 2.45) is 0 Å². The normalized spacial score (nSPS) is 17.5. The second kappa shape index (κ2) is 6.16. The van der Waals surface area contributed by atoms with Crippen molar-refractivity contribution in [2.45, 2.75) is 17.9 Å². The average molecular weight is 334 g/mol. The summed E-state index contributed by atoms with van der Waals surface area (Å²) in [7, 11) is -3.50. The molecule has 0 bridgehead atoms. The number of nitrogens with zero attached hydrogens (tertiary/aromatic N) is 2. The summed E-state index contributed by atoms with van der Waals surface area (Å²) in [5.41, 5.74) is 5.59. The summed E-state index contributed by atoms with van der Waals surface area (Å²) in [6.45, 7) is 3.78. The molecule has 8 nitrogen and oxygen atoms in total. The zero-order valence-electron chi connectivity index (χ0n) is 11.8. The number of sulfone groups is 1. The molecule has 2 heterocycles. The highest BCUT2D eigenvalue weighted by Crippen LogP contribution is 2.31. The molecule has 10 heteroatoms. The quantitative estimate of drug-likeness (QED) is 0.783. The van der Waals surface area contributed by atoms with E-state index in [1.54, 1.807) is 11.8 Å². The van der Waals surface area contributed by atoms with E-state index >= 15 is 0 Å². The largest absolute Gasteiger partial charge is 0.382 e. The van der Waals surface area contributed by atoms with E-state index in [1.807, 2.05) is 0 Å². The molecule has 0 aromatic carbocycles. The number of anilines is 2. The van der Waals surface area contributed by atoms with E-state index in [4.69, 9.17) is 10.5 Å². The zero-order chi connectivity index (χ0) is 15.6. The lowest BCUT2D eigenvalue weighted by atomic mass is 10.2. The van der Waals surface area contributed by atoms with Crippen molar-refractivity contribution in [3.05, 3.63) is 0 Å². The van der Waals surface area contributed by atoms with Gasteiger partial charge in [-0.1, -0.05) is 0 Å². The van der Waals surface area contributed by atoms with E-state index in [-0.39, 0.29) is 16.6 Å². The number of nitrogen functional groups attached to an aromatic ring is 1. The van der Waals surface area contributed by atoms with Gasteiger partial charge in [-0.05, 0) is 18.5 Å². The molecule has 0 radical (unpaired) electrons. The Morgan fingerprint density at radius 1 is 1.48 bits per heavy atom. The van der Waals surface area contributed by atoms with Gasteiger partial charge in [0.1, 0.15) is 15.9 Å². The fourth-order valence-electron chi connectivity index (χ4n) is 2.06. The predicted octanol–water partition coefficient (Wildman–Crippen LogP) is -0.212. The van der Waals surface area contributed by atoms with E-state index in [0.717, 1.165) is 17.8 Å². The molecule has 1 saturated heterocycles. The summed E-state index contributed by atoms with van der Waals surface area (Å²) in [6.07, 6.45) is 1.06. The zero-order valence-corrected chi connectivity index (χ0v) is 13.5. The number of ether oxygens (including phenoxy) is 1. The first-order valence-corrected chi connectivity index (χ1v) is 9.05. The van der Waals surface area contributed by atoms with Gasteiger partial charge in [0.05, 0.1) is 13.2 Å². The molecule has 2 rings (SSSR count). The van der Waals surface area contributed by atoms with Crippen LogP contribution in [0.15, 0.2) is 4.90 Å². The number of carbonyl (C=O) groups is 1. The van der Waals surface area contributed by atoms with Crippen molar-refractivity contribution >= 4 is 38.1 Å². The van der Waals surface area contributed by atoms with Gasteiger partial charge in [-0.3, -0.25) is 4.79 Å². The molecule has 0 spiro atoms. The van der Waals surface area contributed by atoms with Crippen LogP contribution >= 0.6 is 11.5 Å². The van der Waals surface area contributed by atoms with Gasteiger partial charge in [0.25, 0.3) is 0 Å². The molecule has 1 aromatic rings. The van der Waals surface area contributed by atoms with Crippen LogP contribution in [0.4, 0.5) is 10.8 Å². The molecule has 1 atom stereocenters. The topological polar surface area (TPSA) is 115 Å². The smallest absolute Gasteiger partial charge is 0.244 e. The Balaban J connectivity index is 2.13. The average Bonchev–Trinajstić information content (AvgIpc) is 2.79. The van der Waals surface area contributed by atoms with Crippen LogP contribution in [0.1, 0.15) is 6.92 Å². The van der Waals surface area contributed by atoms with Gasteiger partial charge in [0.2, 0.25) is 5.91 Å². The van der Waals surface area contributed by atoms with Crippen molar-refractivity contribution < 1.29 is 17.9 Å². The van der Waals surface area contributed by atoms with Crippen molar-refractivity contribution in [1.82, 2.24) is 9.27 Å². The number of nitrogens with one attached hydrogen (secondary N) is 1. The maximum atomic E-state index is 12.3. The highest BCUT2D eigenvalue weighted by Gasteiger charge is 2.26. The standard InChI is InChI=1S/C11H18N4O4S2/c1-7(11(16)15-3-5-19-6-4-15)13-10-8(21(2,17)18)9(12)14-20-10/h7,13H,3-6H2,1-2H3,(H2,12,14). The second-order valence-electron chi connectivity index (χ2n) is 4.80. The molecular formula is C11H18N4O4S2. The first kappa shape index (κ1) is 16.0. The third kappa shape index (κ3) is 3.63. The monoisotopic (exact) mass is 334 g/mol. The maximum absolute atomic E-state index is 12.3. The van der Waals surface area contributed by atoms with Crippen LogP contribution in [0.5, 0.6) is 0 Å². The number of carbonyl (C=O) groups excluding carboxylic acids is 1. The lowest BCUT2D eigenvalue weighted by Gasteiger charge is -2.29. The lowest BCUT2D eigenvalue weighted by molar-refractivity contribution is -0.135. The van der Waals surface area contributed by atoms with Crippen LogP contribution in [-0.2, 0) is 19.4 Å². The number of amides is 1. The van der Waals surface area contributed by atoms with E-state index in [0.29, 0.717) is 31.3 Å². The summed E-state index contributed by atoms with van der Waals surface area (Å²) < 4.78 is 32.5. The fraction of sp³-hybridized carbons (Fsp3) is 0.636. The molecule has 1 aliphatic rings. The lowest BCUT2D eigenvalue weighted by Crippen LogP contribution is -2.47. The summed E-state index contributed by atoms with van der Waals surface area (Å²) in [4.78, 5) is 13.9. The first-order valence-electron chi connectivity index (χ1n) is 6.39. The molecule has 3 N–H and O–H groups in total. The van der Waals surface area contributed by atoms with Gasteiger partial charge in [-0.2, -0.15) is 4.37 Å². The van der Waals surface area contributed by atoms with Gasteiger partial charge in [-0.25, -0.2) is 8.42 Å². The van der Waals surface area contributed by atoms with E-state index < -0.39 is 15.9 Å². The van der Waals surface area contributed by atoms with Crippen molar-refractivity contribution in [3.63, 3.8) is 0 Å². The molecule has 0 aliphatic carbocycles. The number of rotatable bonds is 4. The molecule has 21 heavy (non-hydrogen) atoms. The predicted molar refractivity (Wildman–Crippen MR) is 80.1 cm³/mol. The Morgan fingerprint density at radius 2 is 2.10 bits per heavy atom. The third-order valence-corrected chi connectivity index (χ3v) is 5.16. The van der Waals surface area contributed by atoms with Gasteiger partial charge in [0, 0.05) is 19.3 Å². The van der Waals surface area contributed by atoms with Crippen LogP contribution in [0, 0.1) is 0 Å². The van der Waals surface area contributed by atoms with Gasteiger partial charge >= 0.3 is 0 Å². The van der Waals surface area contributed by atoms with Crippen molar-refractivity contribution in [1.29, 1.82) is 0 Å². The van der Waals surface area contributed by atoms with Crippen LogP contribution in [0.3, 0.4) is 0 Å². The molecule has 1 aliphatic heterocycles. The number of hydrogen-bond acceptors (Lipinski definition) is 8. The minimum Gasteiger partial charge on any atom is -0.382 e. The minimum absolute atomic E-state index is 0.0454. The Bertz CT molecular complexity index is 622. The molecule has 1 aromatic heterocycles. The minimum atomic E-state index is -3.50. The van der Waals surface area contributed by atoms with Gasteiger partial charge in [-0.15, -0.1) is 0 Å². The summed E-state index contributed by atoms with van der Waals surface area (Å²) >= 11 is 0.935. The Morgan fingerprint density at radius 3 is 2.67 bits per heavy atom. The number of aromatic nitrogens is 1. The SMILES string of the molecule is CC(Nc1snc(N)c1S(C)(=O)=O)C(=O)N1CCOCC1. The molecule has 0 saturated carbocycles. The number of morpholine rings is 1. The molecule has 1 amide bonds. The summed E-state index contributed by atoms with van der Waals surface area (Å²) in [5.74, 6) is -0.152. The highest BCUT2D eigenvalue weighted by atomic mass is 32.2. The summed E-state index contributed by atoms with van der Waals surface area (Å²) in [6, 6.07) is -0.566. The van der Waals surface area contributed by atoms with Crippen molar-refractivity contribution in [2.75, 3.05) is 43.6 Å². The van der Waals surface area contributed by atoms with Crippen molar-refractivity contribution in [3.8, 4) is 0 Å². The van der Waals surface area contributed by atoms with E-state index in [1.165, 1.54) is 0 Å². The Hall–Kier alpha value is -1.39. The van der Waals surface area contributed by atoms with Crippen LogP contribution < -0.4 is 11.1 Å².